The summed E-state index contributed by atoms with van der Waals surface area (Å²) in [6.07, 6.45) is 2.89. The quantitative estimate of drug-likeness (QED) is 0.605. The minimum atomic E-state index is -3.63. The molecule has 0 spiro atoms. The number of hydrogen-bond donors (Lipinski definition) is 1. The van der Waals surface area contributed by atoms with Crippen molar-refractivity contribution in [2.45, 2.75) is 33.1 Å². The number of rotatable bonds is 3. The molecule has 92 valence electrons. The van der Waals surface area contributed by atoms with Crippen LogP contribution in [0.25, 0.3) is 0 Å². The third-order valence-electron chi connectivity index (χ3n) is 4.91. The molecule has 2 aliphatic rings. The lowest BCUT2D eigenvalue weighted by molar-refractivity contribution is 0.176. The predicted octanol–water partition coefficient (Wildman–Crippen LogP) is 1.59. The molecule has 0 heterocycles. The van der Waals surface area contributed by atoms with Gasteiger partial charge in [0.05, 0.1) is 5.75 Å². The van der Waals surface area contributed by atoms with Crippen LogP contribution in [0.4, 0.5) is 0 Å². The lowest BCUT2D eigenvalue weighted by atomic mass is 9.69. The first-order valence-electron chi connectivity index (χ1n) is 5.54. The van der Waals surface area contributed by atoms with Crippen molar-refractivity contribution in [1.82, 2.24) is 0 Å². The Morgan fingerprint density at radius 2 is 2.19 bits per heavy atom. The maximum atomic E-state index is 11.6. The van der Waals surface area contributed by atoms with Gasteiger partial charge in [-0.1, -0.05) is 26.0 Å². The third-order valence-corrected chi connectivity index (χ3v) is 6.05. The molecular formula is C11H19NO3S. The normalized spacial score (nSPS) is 36.9. The van der Waals surface area contributed by atoms with Crippen molar-refractivity contribution in [3.63, 3.8) is 0 Å². The first kappa shape index (κ1) is 12.1. The standard InChI is InChI=1S/C11H19NO3S/c1-8-6-9-4-5-11(8,10(9,2)3)7-16(13,14)15-12/h9H,1,4-7,12H2,2-3H3. The van der Waals surface area contributed by atoms with Gasteiger partial charge in [0, 0.05) is 5.41 Å². The Morgan fingerprint density at radius 3 is 2.56 bits per heavy atom. The Morgan fingerprint density at radius 1 is 1.56 bits per heavy atom. The van der Waals surface area contributed by atoms with Gasteiger partial charge in [0.25, 0.3) is 10.1 Å². The number of hydrogen-bond acceptors (Lipinski definition) is 4. The summed E-state index contributed by atoms with van der Waals surface area (Å²) in [4.78, 5) is 0. The average molecular weight is 245 g/mol. The first-order valence-corrected chi connectivity index (χ1v) is 7.12. The molecule has 2 bridgehead atoms. The molecule has 2 N–H and O–H groups in total. The van der Waals surface area contributed by atoms with E-state index in [9.17, 15) is 8.42 Å². The van der Waals surface area contributed by atoms with E-state index in [4.69, 9.17) is 5.90 Å². The van der Waals surface area contributed by atoms with Crippen molar-refractivity contribution in [3.05, 3.63) is 12.2 Å². The Bertz CT molecular complexity index is 427. The summed E-state index contributed by atoms with van der Waals surface area (Å²) in [5, 5.41) is 0. The van der Waals surface area contributed by atoms with E-state index in [0.717, 1.165) is 24.8 Å². The number of nitrogens with two attached hydrogens (primary N) is 1. The molecule has 0 aromatic rings. The van der Waals surface area contributed by atoms with E-state index in [2.05, 4.69) is 24.7 Å². The Kier molecular flexibility index (Phi) is 2.50. The summed E-state index contributed by atoms with van der Waals surface area (Å²) in [6.45, 7) is 8.33. The van der Waals surface area contributed by atoms with Crippen molar-refractivity contribution >= 4 is 10.1 Å². The summed E-state index contributed by atoms with van der Waals surface area (Å²) in [7, 11) is -3.63. The van der Waals surface area contributed by atoms with Gasteiger partial charge in [-0.05, 0) is 30.6 Å². The molecule has 2 unspecified atom stereocenters. The summed E-state index contributed by atoms with van der Waals surface area (Å²) < 4.78 is 27.3. The fourth-order valence-electron chi connectivity index (χ4n) is 3.67. The van der Waals surface area contributed by atoms with Gasteiger partial charge in [-0.15, -0.1) is 0 Å². The zero-order chi connectivity index (χ0) is 12.2. The highest BCUT2D eigenvalue weighted by Crippen LogP contribution is 2.68. The fourth-order valence-corrected chi connectivity index (χ4v) is 5.06. The van der Waals surface area contributed by atoms with Crippen molar-refractivity contribution in [2.24, 2.45) is 22.6 Å². The molecule has 0 amide bonds. The Hall–Kier alpha value is -0.390. The first-order chi connectivity index (χ1) is 7.25. The van der Waals surface area contributed by atoms with Gasteiger partial charge < -0.3 is 0 Å². The van der Waals surface area contributed by atoms with E-state index in [-0.39, 0.29) is 16.6 Å². The number of fused-ring (bicyclic) bond motifs is 2. The highest BCUT2D eigenvalue weighted by molar-refractivity contribution is 7.86. The molecule has 0 aromatic carbocycles. The van der Waals surface area contributed by atoms with Crippen LogP contribution in [0.1, 0.15) is 33.1 Å². The minimum absolute atomic E-state index is 0.0182. The topological polar surface area (TPSA) is 69.4 Å². The molecule has 2 atom stereocenters. The second-order valence-electron chi connectivity index (χ2n) is 5.65. The van der Waals surface area contributed by atoms with Gasteiger partial charge in [0.2, 0.25) is 0 Å². The lowest BCUT2D eigenvalue weighted by Gasteiger charge is -2.38. The highest BCUT2D eigenvalue weighted by Gasteiger charge is 2.62. The van der Waals surface area contributed by atoms with Crippen molar-refractivity contribution < 1.29 is 12.7 Å². The van der Waals surface area contributed by atoms with Gasteiger partial charge in [0.1, 0.15) is 0 Å². The van der Waals surface area contributed by atoms with Crippen LogP contribution in [-0.2, 0) is 14.4 Å². The van der Waals surface area contributed by atoms with E-state index < -0.39 is 10.1 Å². The smallest absolute Gasteiger partial charge is 0.198 e. The van der Waals surface area contributed by atoms with Crippen molar-refractivity contribution in [1.29, 1.82) is 0 Å². The molecule has 5 heteroatoms. The van der Waals surface area contributed by atoms with Crippen molar-refractivity contribution in [3.8, 4) is 0 Å². The SMILES string of the molecule is C=C1CC2CCC1(CS(=O)(=O)ON)C2(C)C. The van der Waals surface area contributed by atoms with E-state index in [1.807, 2.05) is 0 Å². The third kappa shape index (κ3) is 1.38. The molecule has 0 radical (unpaired) electrons. The summed E-state index contributed by atoms with van der Waals surface area (Å²) in [5.41, 5.74) is 0.695. The largest absolute Gasteiger partial charge is 0.283 e. The zero-order valence-corrected chi connectivity index (χ0v) is 10.6. The van der Waals surface area contributed by atoms with Crippen LogP contribution < -0.4 is 5.90 Å². The molecule has 0 aliphatic heterocycles. The maximum absolute atomic E-state index is 11.6. The van der Waals surface area contributed by atoms with Crippen LogP contribution >= 0.6 is 0 Å². The minimum Gasteiger partial charge on any atom is -0.198 e. The van der Waals surface area contributed by atoms with Gasteiger partial charge in [-0.25, -0.2) is 0 Å². The highest BCUT2D eigenvalue weighted by atomic mass is 32.2. The van der Waals surface area contributed by atoms with Gasteiger partial charge in [0.15, 0.2) is 0 Å². The summed E-state index contributed by atoms with van der Waals surface area (Å²) in [6, 6.07) is 0. The molecule has 2 rings (SSSR count). The summed E-state index contributed by atoms with van der Waals surface area (Å²) >= 11 is 0. The molecule has 0 saturated heterocycles. The van der Waals surface area contributed by atoms with E-state index in [0.29, 0.717) is 5.92 Å². The van der Waals surface area contributed by atoms with E-state index in [1.165, 1.54) is 0 Å². The van der Waals surface area contributed by atoms with E-state index in [1.54, 1.807) is 0 Å². The average Bonchev–Trinajstić information content (AvgIpc) is 2.51. The predicted molar refractivity (Wildman–Crippen MR) is 61.8 cm³/mol. The lowest BCUT2D eigenvalue weighted by Crippen LogP contribution is -2.39. The second-order valence-corrected chi connectivity index (χ2v) is 7.24. The molecule has 2 aliphatic carbocycles. The van der Waals surface area contributed by atoms with Crippen LogP contribution in [0.2, 0.25) is 0 Å². The molecule has 2 fully saturated rings. The fraction of sp³-hybridized carbons (Fsp3) is 0.818. The van der Waals surface area contributed by atoms with Crippen LogP contribution in [0.5, 0.6) is 0 Å². The molecule has 0 aromatic heterocycles. The van der Waals surface area contributed by atoms with Crippen LogP contribution in [0.3, 0.4) is 0 Å². The Balaban J connectivity index is 2.40. The Labute approximate surface area is 96.9 Å². The zero-order valence-electron chi connectivity index (χ0n) is 9.82. The number of allylic oxidation sites excluding steroid dienone is 1. The maximum Gasteiger partial charge on any atom is 0.283 e. The molecule has 4 nitrogen and oxygen atoms in total. The van der Waals surface area contributed by atoms with Crippen LogP contribution in [-0.4, -0.2) is 14.2 Å². The van der Waals surface area contributed by atoms with E-state index >= 15 is 0 Å². The molecule has 2 saturated carbocycles. The monoisotopic (exact) mass is 245 g/mol. The molecular weight excluding hydrogens is 226 g/mol. The van der Waals surface area contributed by atoms with Gasteiger partial charge >= 0.3 is 0 Å². The summed E-state index contributed by atoms with van der Waals surface area (Å²) in [5.74, 6) is 5.35. The van der Waals surface area contributed by atoms with Crippen LogP contribution in [0, 0.1) is 16.7 Å². The second kappa shape index (κ2) is 3.31. The van der Waals surface area contributed by atoms with Crippen molar-refractivity contribution in [2.75, 3.05) is 5.75 Å². The van der Waals surface area contributed by atoms with Gasteiger partial charge in [-0.2, -0.15) is 18.6 Å². The molecule has 16 heavy (non-hydrogen) atoms. The van der Waals surface area contributed by atoms with Crippen LogP contribution in [0.15, 0.2) is 12.2 Å². The van der Waals surface area contributed by atoms with Gasteiger partial charge in [-0.3, -0.25) is 0 Å².